The van der Waals surface area contributed by atoms with E-state index in [0.717, 1.165) is 36.0 Å². The minimum Gasteiger partial charge on any atom is -0.494 e. The van der Waals surface area contributed by atoms with Crippen LogP contribution in [0.3, 0.4) is 0 Å². The van der Waals surface area contributed by atoms with E-state index in [1.165, 1.54) is 6.20 Å². The van der Waals surface area contributed by atoms with Crippen LogP contribution in [0, 0.1) is 0 Å². The van der Waals surface area contributed by atoms with Gasteiger partial charge in [0, 0.05) is 47.9 Å². The first-order valence-electron chi connectivity index (χ1n) is 12.4. The molecule has 1 aliphatic heterocycles. The smallest absolute Gasteiger partial charge is 0.283 e. The first-order valence-corrected chi connectivity index (χ1v) is 12.8. The molecule has 2 aromatic carbocycles. The molecule has 0 bridgehead atoms. The third-order valence-corrected chi connectivity index (χ3v) is 7.16. The number of hydrogen-bond acceptors (Lipinski definition) is 7. The average molecular weight is 550 g/mol. The second-order valence-electron chi connectivity index (χ2n) is 9.54. The van der Waals surface area contributed by atoms with Crippen LogP contribution in [-0.2, 0) is 4.79 Å². The van der Waals surface area contributed by atoms with Gasteiger partial charge < -0.3 is 30.2 Å². The van der Waals surface area contributed by atoms with Crippen LogP contribution in [0.25, 0.3) is 22.2 Å². The van der Waals surface area contributed by atoms with Gasteiger partial charge in [-0.2, -0.15) is 0 Å². The van der Waals surface area contributed by atoms with Crippen LogP contribution in [-0.4, -0.2) is 66.1 Å². The third kappa shape index (κ3) is 5.39. The quantitative estimate of drug-likeness (QED) is 0.246. The van der Waals surface area contributed by atoms with Crippen molar-refractivity contribution >= 4 is 51.4 Å². The molecule has 3 heterocycles. The number of nitrogens with zero attached hydrogens (tertiary/aromatic N) is 4. The molecule has 0 radical (unpaired) electrons. The summed E-state index contributed by atoms with van der Waals surface area (Å²) in [7, 11) is 5.63. The molecule has 202 valence electrons. The number of methoxy groups -OCH3 is 1. The van der Waals surface area contributed by atoms with Crippen molar-refractivity contribution < 1.29 is 13.9 Å². The van der Waals surface area contributed by atoms with Gasteiger partial charge in [0.1, 0.15) is 5.75 Å². The summed E-state index contributed by atoms with van der Waals surface area (Å²) in [4.78, 5) is 28.9. The van der Waals surface area contributed by atoms with Gasteiger partial charge in [-0.05, 0) is 32.6 Å². The lowest BCUT2D eigenvalue weighted by Gasteiger charge is -2.25. The van der Waals surface area contributed by atoms with Crippen LogP contribution in [0.15, 0.2) is 61.2 Å². The Morgan fingerprint density at radius 2 is 2.08 bits per heavy atom. The van der Waals surface area contributed by atoms with Gasteiger partial charge in [0.15, 0.2) is 5.83 Å². The van der Waals surface area contributed by atoms with E-state index in [0.29, 0.717) is 39.6 Å². The number of H-pyrrole nitrogens is 1. The maximum absolute atomic E-state index is 13.7. The predicted octanol–water partition coefficient (Wildman–Crippen LogP) is 5.59. The number of amides is 1. The van der Waals surface area contributed by atoms with Crippen LogP contribution < -0.4 is 20.3 Å². The summed E-state index contributed by atoms with van der Waals surface area (Å²) in [5.74, 6) is -1.22. The van der Waals surface area contributed by atoms with E-state index in [1.54, 1.807) is 13.2 Å². The number of nitrogens with one attached hydrogen (secondary N) is 3. The number of fused-ring (bicyclic) bond motifs is 1. The van der Waals surface area contributed by atoms with Gasteiger partial charge in [0.25, 0.3) is 5.91 Å². The number of hydrogen-bond donors (Lipinski definition) is 3. The molecule has 11 heteroatoms. The number of carbonyl (C=O) groups is 1. The van der Waals surface area contributed by atoms with Crippen LogP contribution in [0.1, 0.15) is 6.42 Å². The van der Waals surface area contributed by atoms with E-state index >= 15 is 0 Å². The fourth-order valence-electron chi connectivity index (χ4n) is 4.77. The largest absolute Gasteiger partial charge is 0.494 e. The lowest BCUT2D eigenvalue weighted by molar-refractivity contribution is -0.114. The molecule has 9 nitrogen and oxygen atoms in total. The number of ether oxygens (including phenoxy) is 1. The SMILES string of the molecule is C=C(F)C(=O)Nc1cc(Nc2ncc(Cl)c(-c3c[nH]c4ccccc34)n2)c(OC)cc1N1CC[C@@H](N(C)C)C1. The van der Waals surface area contributed by atoms with E-state index in [1.807, 2.05) is 50.6 Å². The van der Waals surface area contributed by atoms with Crippen molar-refractivity contribution in [2.45, 2.75) is 12.5 Å². The molecule has 1 atom stereocenters. The summed E-state index contributed by atoms with van der Waals surface area (Å²) >= 11 is 6.50. The zero-order valence-corrected chi connectivity index (χ0v) is 22.6. The maximum atomic E-state index is 13.7. The van der Waals surface area contributed by atoms with Crippen molar-refractivity contribution in [2.24, 2.45) is 0 Å². The molecule has 0 saturated carbocycles. The lowest BCUT2D eigenvalue weighted by Crippen LogP contribution is -2.31. The molecule has 39 heavy (non-hydrogen) atoms. The number of anilines is 4. The standard InChI is InChI=1S/C28H29ClFN7O2/c1-16(30)27(38)33-22-11-23(25(39-4)12-24(22)37-10-9-17(15-37)36(2)3)34-28-32-14-20(29)26(35-28)19-13-31-21-8-6-5-7-18(19)21/h5-8,11-14,17,31H,1,9-10,15H2,2-4H3,(H,33,38)(H,32,34,35)/t17-/m1/s1. The topological polar surface area (TPSA) is 98.4 Å². The molecular weight excluding hydrogens is 521 g/mol. The van der Waals surface area contributed by atoms with E-state index in [-0.39, 0.29) is 5.95 Å². The number of aromatic amines is 1. The highest BCUT2D eigenvalue weighted by Crippen LogP contribution is 2.40. The minimum atomic E-state index is -1.08. The second kappa shape index (κ2) is 10.9. The zero-order chi connectivity index (χ0) is 27.7. The highest BCUT2D eigenvalue weighted by molar-refractivity contribution is 6.33. The molecule has 1 aliphatic rings. The monoisotopic (exact) mass is 549 g/mol. The number of benzene rings is 2. The van der Waals surface area contributed by atoms with Gasteiger partial charge in [-0.1, -0.05) is 36.4 Å². The van der Waals surface area contributed by atoms with E-state index in [2.05, 4.69) is 42.0 Å². The fourth-order valence-corrected chi connectivity index (χ4v) is 4.97. The molecule has 1 saturated heterocycles. The van der Waals surface area contributed by atoms with Crippen molar-refractivity contribution in [1.82, 2.24) is 19.9 Å². The minimum absolute atomic E-state index is 0.270. The summed E-state index contributed by atoms with van der Waals surface area (Å²) in [6.45, 7) is 4.64. The molecule has 1 amide bonds. The number of aromatic nitrogens is 3. The Balaban J connectivity index is 1.53. The fraction of sp³-hybridized carbons (Fsp3) is 0.250. The Hall–Kier alpha value is -4.15. The highest BCUT2D eigenvalue weighted by atomic mass is 35.5. The Labute approximate surface area is 230 Å². The summed E-state index contributed by atoms with van der Waals surface area (Å²) < 4.78 is 19.4. The summed E-state index contributed by atoms with van der Waals surface area (Å²) in [6, 6.07) is 11.7. The van der Waals surface area contributed by atoms with Gasteiger partial charge in [0.05, 0.1) is 41.1 Å². The average Bonchev–Trinajstić information content (AvgIpc) is 3.58. The van der Waals surface area contributed by atoms with E-state index in [9.17, 15) is 9.18 Å². The molecular formula is C28H29ClFN7O2. The number of halogens is 2. The Bertz CT molecular complexity index is 1550. The summed E-state index contributed by atoms with van der Waals surface area (Å²) in [6.07, 6.45) is 4.33. The van der Waals surface area contributed by atoms with Crippen LogP contribution in [0.4, 0.5) is 27.4 Å². The molecule has 0 unspecified atom stereocenters. The van der Waals surface area contributed by atoms with Crippen molar-refractivity contribution in [2.75, 3.05) is 49.8 Å². The van der Waals surface area contributed by atoms with E-state index < -0.39 is 11.7 Å². The molecule has 5 rings (SSSR count). The molecule has 3 N–H and O–H groups in total. The van der Waals surface area contributed by atoms with Crippen molar-refractivity contribution in [3.63, 3.8) is 0 Å². The van der Waals surface area contributed by atoms with Crippen molar-refractivity contribution in [3.05, 3.63) is 66.2 Å². The first-order chi connectivity index (χ1) is 18.7. The van der Waals surface area contributed by atoms with Crippen molar-refractivity contribution in [1.29, 1.82) is 0 Å². The van der Waals surface area contributed by atoms with Gasteiger partial charge in [0.2, 0.25) is 5.95 Å². The third-order valence-electron chi connectivity index (χ3n) is 6.88. The molecule has 4 aromatic rings. The zero-order valence-electron chi connectivity index (χ0n) is 21.9. The number of para-hydroxylation sites is 1. The number of likely N-dealkylation sites (N-methyl/N-ethyl adjacent to an activating group) is 1. The summed E-state index contributed by atoms with van der Waals surface area (Å²) in [5.41, 5.74) is 3.96. The molecule has 1 fully saturated rings. The van der Waals surface area contributed by atoms with Gasteiger partial charge in [-0.15, -0.1) is 0 Å². The maximum Gasteiger partial charge on any atom is 0.283 e. The Morgan fingerprint density at radius 1 is 1.28 bits per heavy atom. The molecule has 0 spiro atoms. The van der Waals surface area contributed by atoms with Crippen LogP contribution in [0.5, 0.6) is 5.75 Å². The van der Waals surface area contributed by atoms with E-state index in [4.69, 9.17) is 16.3 Å². The lowest BCUT2D eigenvalue weighted by atomic mass is 10.1. The summed E-state index contributed by atoms with van der Waals surface area (Å²) in [5, 5.41) is 7.19. The van der Waals surface area contributed by atoms with Gasteiger partial charge >= 0.3 is 0 Å². The van der Waals surface area contributed by atoms with Crippen LogP contribution in [0.2, 0.25) is 5.02 Å². The van der Waals surface area contributed by atoms with Crippen LogP contribution >= 0.6 is 11.6 Å². The highest BCUT2D eigenvalue weighted by Gasteiger charge is 2.27. The molecule has 0 aliphatic carbocycles. The van der Waals surface area contributed by atoms with Gasteiger partial charge in [-0.25, -0.2) is 14.4 Å². The first kappa shape index (κ1) is 26.5. The Morgan fingerprint density at radius 3 is 2.79 bits per heavy atom. The van der Waals surface area contributed by atoms with Gasteiger partial charge in [-0.3, -0.25) is 4.79 Å². The predicted molar refractivity (Wildman–Crippen MR) is 154 cm³/mol. The molecule has 2 aromatic heterocycles. The van der Waals surface area contributed by atoms with Crippen molar-refractivity contribution in [3.8, 4) is 17.0 Å². The Kier molecular flexibility index (Phi) is 7.40. The number of rotatable bonds is 8. The number of carbonyl (C=O) groups excluding carboxylic acids is 1. The second-order valence-corrected chi connectivity index (χ2v) is 9.95. The normalized spacial score (nSPS) is 15.1.